The molecule has 1 aromatic heterocycles. The maximum atomic E-state index is 12.2. The molecule has 0 atom stereocenters. The highest BCUT2D eigenvalue weighted by atomic mass is 79.9. The van der Waals surface area contributed by atoms with Gasteiger partial charge in [-0.1, -0.05) is 33.8 Å². The lowest BCUT2D eigenvalue weighted by Crippen LogP contribution is -2.32. The average Bonchev–Trinajstić information content (AvgIpc) is 2.73. The molecule has 0 spiro atoms. The molecule has 1 rings (SSSR count). The Kier molecular flexibility index (Phi) is 5.90. The summed E-state index contributed by atoms with van der Waals surface area (Å²) in [5.41, 5.74) is 0.838. The lowest BCUT2D eigenvalue weighted by Gasteiger charge is -2.18. The van der Waals surface area contributed by atoms with Crippen molar-refractivity contribution < 1.29 is 4.79 Å². The van der Waals surface area contributed by atoms with Crippen molar-refractivity contribution >= 4 is 33.4 Å². The zero-order valence-electron chi connectivity index (χ0n) is 9.57. The first-order chi connectivity index (χ1) is 7.74. The van der Waals surface area contributed by atoms with Crippen LogP contribution in [-0.4, -0.2) is 38.8 Å². The molecule has 0 aliphatic carbocycles. The van der Waals surface area contributed by atoms with E-state index in [9.17, 15) is 4.79 Å². The fourth-order valence-electron chi connectivity index (χ4n) is 1.42. The third kappa shape index (κ3) is 3.25. The summed E-state index contributed by atoms with van der Waals surface area (Å²) in [6, 6.07) is 0. The van der Waals surface area contributed by atoms with E-state index in [1.165, 1.54) is 11.5 Å². The first-order valence-electron chi connectivity index (χ1n) is 5.41. The lowest BCUT2D eigenvalue weighted by molar-refractivity contribution is 0.0778. The molecule has 1 heterocycles. The largest absolute Gasteiger partial charge is 0.337 e. The number of carbonyl (C=O) groups is 1. The van der Waals surface area contributed by atoms with Crippen LogP contribution < -0.4 is 0 Å². The van der Waals surface area contributed by atoms with Gasteiger partial charge in [-0.05, 0) is 24.9 Å². The molecule has 0 fully saturated rings. The number of hydrogen-bond donors (Lipinski definition) is 0. The van der Waals surface area contributed by atoms with E-state index in [-0.39, 0.29) is 5.91 Å². The average molecular weight is 306 g/mol. The molecule has 1 aromatic rings. The molecule has 0 aliphatic rings. The van der Waals surface area contributed by atoms with Crippen molar-refractivity contribution in [3.05, 3.63) is 10.6 Å². The van der Waals surface area contributed by atoms with Crippen LogP contribution in [0.2, 0.25) is 0 Å². The molecule has 0 radical (unpaired) electrons. The van der Waals surface area contributed by atoms with Gasteiger partial charge in [-0.2, -0.15) is 0 Å². The molecule has 0 aromatic carbocycles. The predicted molar refractivity (Wildman–Crippen MR) is 69.3 cm³/mol. The topological polar surface area (TPSA) is 46.1 Å². The van der Waals surface area contributed by atoms with Crippen molar-refractivity contribution in [3.8, 4) is 0 Å². The fourth-order valence-corrected chi connectivity index (χ4v) is 2.52. The van der Waals surface area contributed by atoms with E-state index in [2.05, 4.69) is 32.4 Å². The third-order valence-electron chi connectivity index (χ3n) is 2.26. The number of aromatic nitrogens is 2. The van der Waals surface area contributed by atoms with E-state index >= 15 is 0 Å². The van der Waals surface area contributed by atoms with Gasteiger partial charge in [0.05, 0.1) is 5.69 Å². The van der Waals surface area contributed by atoms with Crippen molar-refractivity contribution in [2.24, 2.45) is 0 Å². The van der Waals surface area contributed by atoms with Crippen LogP contribution in [0.25, 0.3) is 0 Å². The van der Waals surface area contributed by atoms with Crippen LogP contribution in [0.4, 0.5) is 0 Å². The summed E-state index contributed by atoms with van der Waals surface area (Å²) in [5, 5.41) is 4.81. The van der Waals surface area contributed by atoms with E-state index in [1.54, 1.807) is 0 Å². The van der Waals surface area contributed by atoms with E-state index in [1.807, 2.05) is 11.8 Å². The Hall–Kier alpha value is -0.490. The van der Waals surface area contributed by atoms with Gasteiger partial charge in [-0.15, -0.1) is 5.10 Å². The lowest BCUT2D eigenvalue weighted by atomic mass is 10.2. The molecule has 0 unspecified atom stereocenters. The van der Waals surface area contributed by atoms with Gasteiger partial charge in [0.2, 0.25) is 0 Å². The molecule has 90 valence electrons. The van der Waals surface area contributed by atoms with Gasteiger partial charge in [-0.25, -0.2) is 0 Å². The van der Waals surface area contributed by atoms with Crippen LogP contribution >= 0.6 is 27.5 Å². The Labute approximate surface area is 108 Å². The van der Waals surface area contributed by atoms with Crippen LogP contribution in [0.5, 0.6) is 0 Å². The monoisotopic (exact) mass is 305 g/mol. The summed E-state index contributed by atoms with van der Waals surface area (Å²) in [5.74, 6) is 0.0559. The van der Waals surface area contributed by atoms with Crippen LogP contribution in [0, 0.1) is 0 Å². The number of amides is 1. The van der Waals surface area contributed by atoms with Crippen molar-refractivity contribution in [2.45, 2.75) is 26.7 Å². The molecule has 16 heavy (non-hydrogen) atoms. The zero-order chi connectivity index (χ0) is 12.0. The predicted octanol–water partition coefficient (Wildman–Crippen LogP) is 2.35. The maximum absolute atomic E-state index is 12.2. The molecule has 6 heteroatoms. The minimum atomic E-state index is 0.0559. The Morgan fingerprint density at radius 2 is 2.25 bits per heavy atom. The molecule has 1 amide bonds. The van der Waals surface area contributed by atoms with Crippen LogP contribution in [0.3, 0.4) is 0 Å². The molecule has 0 N–H and O–H groups in total. The van der Waals surface area contributed by atoms with Gasteiger partial charge in [0, 0.05) is 18.4 Å². The van der Waals surface area contributed by atoms with Gasteiger partial charge in [-0.3, -0.25) is 4.79 Å². The molecule has 0 saturated heterocycles. The second-order valence-electron chi connectivity index (χ2n) is 3.37. The van der Waals surface area contributed by atoms with Gasteiger partial charge in [0.1, 0.15) is 4.88 Å². The number of rotatable bonds is 6. The number of alkyl halides is 1. The Bertz CT molecular complexity index is 343. The highest BCUT2D eigenvalue weighted by Gasteiger charge is 2.20. The number of hydrogen-bond acceptors (Lipinski definition) is 4. The van der Waals surface area contributed by atoms with E-state index in [4.69, 9.17) is 0 Å². The van der Waals surface area contributed by atoms with Gasteiger partial charge in [0.15, 0.2) is 0 Å². The molecular weight excluding hydrogens is 290 g/mol. The maximum Gasteiger partial charge on any atom is 0.267 e. The first kappa shape index (κ1) is 13.6. The Morgan fingerprint density at radius 1 is 1.50 bits per heavy atom. The fraction of sp³-hybridized carbons (Fsp3) is 0.700. The highest BCUT2D eigenvalue weighted by molar-refractivity contribution is 9.09. The first-order valence-corrected chi connectivity index (χ1v) is 7.30. The van der Waals surface area contributed by atoms with Crippen molar-refractivity contribution in [3.63, 3.8) is 0 Å². The van der Waals surface area contributed by atoms with E-state index in [0.29, 0.717) is 11.4 Å². The van der Waals surface area contributed by atoms with Crippen LogP contribution in [0.15, 0.2) is 0 Å². The SMILES string of the molecule is CCCc1nnsc1C(=O)N(CC)CCBr. The summed E-state index contributed by atoms with van der Waals surface area (Å²) < 4.78 is 3.87. The number of halogens is 1. The molecule has 0 saturated carbocycles. The Balaban J connectivity index is 2.81. The zero-order valence-corrected chi connectivity index (χ0v) is 12.0. The molecule has 4 nitrogen and oxygen atoms in total. The summed E-state index contributed by atoms with van der Waals surface area (Å²) >= 11 is 4.55. The van der Waals surface area contributed by atoms with Crippen LogP contribution in [0.1, 0.15) is 35.6 Å². The molecule has 0 aliphatic heterocycles. The minimum Gasteiger partial charge on any atom is -0.337 e. The van der Waals surface area contributed by atoms with Crippen molar-refractivity contribution in [2.75, 3.05) is 18.4 Å². The summed E-state index contributed by atoms with van der Waals surface area (Å²) in [6.07, 6.45) is 1.81. The summed E-state index contributed by atoms with van der Waals surface area (Å²) in [4.78, 5) is 14.7. The Morgan fingerprint density at radius 3 is 2.81 bits per heavy atom. The van der Waals surface area contributed by atoms with Crippen molar-refractivity contribution in [1.29, 1.82) is 0 Å². The van der Waals surface area contributed by atoms with Crippen LogP contribution in [-0.2, 0) is 6.42 Å². The van der Waals surface area contributed by atoms with E-state index < -0.39 is 0 Å². The van der Waals surface area contributed by atoms with Gasteiger partial charge in [0.25, 0.3) is 5.91 Å². The standard InChI is InChI=1S/C10H16BrN3OS/c1-3-5-8-9(16-13-12-8)10(15)14(4-2)7-6-11/h3-7H2,1-2H3. The van der Waals surface area contributed by atoms with Gasteiger partial charge < -0.3 is 4.90 Å². The number of nitrogens with zero attached hydrogens (tertiary/aromatic N) is 3. The summed E-state index contributed by atoms with van der Waals surface area (Å²) in [6.45, 7) is 5.49. The number of carbonyl (C=O) groups excluding carboxylic acids is 1. The quantitative estimate of drug-likeness (QED) is 0.758. The molecular formula is C10H16BrN3OS. The summed E-state index contributed by atoms with van der Waals surface area (Å²) in [7, 11) is 0. The number of aryl methyl sites for hydroxylation is 1. The second-order valence-corrected chi connectivity index (χ2v) is 4.92. The smallest absolute Gasteiger partial charge is 0.267 e. The molecule has 0 bridgehead atoms. The highest BCUT2D eigenvalue weighted by Crippen LogP contribution is 2.15. The van der Waals surface area contributed by atoms with Gasteiger partial charge >= 0.3 is 0 Å². The van der Waals surface area contributed by atoms with E-state index in [0.717, 1.165) is 30.4 Å². The van der Waals surface area contributed by atoms with Crippen molar-refractivity contribution in [1.82, 2.24) is 14.5 Å². The third-order valence-corrected chi connectivity index (χ3v) is 3.37. The normalized spacial score (nSPS) is 10.4. The minimum absolute atomic E-state index is 0.0559. The second kappa shape index (κ2) is 6.96.